The summed E-state index contributed by atoms with van der Waals surface area (Å²) in [5, 5.41) is 6.55. The summed E-state index contributed by atoms with van der Waals surface area (Å²) < 4.78 is 11.5. The quantitative estimate of drug-likeness (QED) is 0.336. The average molecular weight is 583 g/mol. The van der Waals surface area contributed by atoms with Gasteiger partial charge in [0.1, 0.15) is 11.5 Å². The van der Waals surface area contributed by atoms with Gasteiger partial charge in [0, 0.05) is 0 Å². The molecule has 2 amide bonds. The van der Waals surface area contributed by atoms with E-state index in [4.69, 9.17) is 9.47 Å². The number of nitrogens with one attached hydrogen (secondary N) is 2. The summed E-state index contributed by atoms with van der Waals surface area (Å²) in [6.45, 7) is 0. The van der Waals surface area contributed by atoms with Gasteiger partial charge in [-0.05, 0) is 154 Å². The Labute approximate surface area is 255 Å². The molecule has 8 bridgehead atoms. The first-order valence-electron chi connectivity index (χ1n) is 16.8. The van der Waals surface area contributed by atoms with Crippen molar-refractivity contribution in [2.45, 2.75) is 83.5 Å². The van der Waals surface area contributed by atoms with Gasteiger partial charge in [0.2, 0.25) is 11.8 Å². The zero-order valence-corrected chi connectivity index (χ0v) is 25.8. The van der Waals surface area contributed by atoms with Crippen molar-refractivity contribution >= 4 is 23.2 Å². The van der Waals surface area contributed by atoms with E-state index in [9.17, 15) is 9.59 Å². The van der Waals surface area contributed by atoms with Crippen LogP contribution >= 0.6 is 0 Å². The lowest BCUT2D eigenvalue weighted by Crippen LogP contribution is -2.51. The number of carbonyl (C=O) groups is 2. The van der Waals surface area contributed by atoms with E-state index in [1.165, 1.54) is 38.5 Å². The third-order valence-electron chi connectivity index (χ3n) is 12.5. The second-order valence-electron chi connectivity index (χ2n) is 15.6. The number of methoxy groups -OCH3 is 2. The Morgan fingerprint density at radius 1 is 0.605 bits per heavy atom. The molecular formula is C37H46N2O4. The van der Waals surface area contributed by atoms with Crippen molar-refractivity contribution < 1.29 is 19.1 Å². The van der Waals surface area contributed by atoms with Crippen molar-refractivity contribution in [1.82, 2.24) is 0 Å². The Morgan fingerprint density at radius 2 is 0.930 bits per heavy atom. The van der Waals surface area contributed by atoms with Crippen LogP contribution in [-0.4, -0.2) is 26.0 Å². The topological polar surface area (TPSA) is 76.7 Å². The van der Waals surface area contributed by atoms with Crippen LogP contribution in [0.4, 0.5) is 11.4 Å². The SMILES string of the molecule is COc1cc(Cc2ccc(NC(=O)C34CC5CC(CC(C5)C3)C4)c(OC)c2)ccc1NC(=O)C12CC3CC(CC(C3)C1)C2. The van der Waals surface area contributed by atoms with Gasteiger partial charge in [-0.15, -0.1) is 0 Å². The Kier molecular flexibility index (Phi) is 6.58. The molecule has 228 valence electrons. The molecule has 10 rings (SSSR count). The maximum Gasteiger partial charge on any atom is 0.230 e. The first kappa shape index (κ1) is 27.5. The van der Waals surface area contributed by atoms with Crippen LogP contribution in [0.1, 0.15) is 88.2 Å². The first-order chi connectivity index (χ1) is 20.8. The third kappa shape index (κ3) is 4.84. The Bertz CT molecular complexity index is 1270. The van der Waals surface area contributed by atoms with E-state index in [0.29, 0.717) is 17.9 Å². The van der Waals surface area contributed by atoms with Crippen molar-refractivity contribution in [3.8, 4) is 11.5 Å². The van der Waals surface area contributed by atoms with Gasteiger partial charge in [-0.3, -0.25) is 9.59 Å². The zero-order chi connectivity index (χ0) is 29.3. The summed E-state index contributed by atoms with van der Waals surface area (Å²) in [6.07, 6.45) is 14.9. The highest BCUT2D eigenvalue weighted by atomic mass is 16.5. The van der Waals surface area contributed by atoms with E-state index in [2.05, 4.69) is 22.8 Å². The maximum absolute atomic E-state index is 13.7. The van der Waals surface area contributed by atoms with Crippen LogP contribution in [-0.2, 0) is 16.0 Å². The van der Waals surface area contributed by atoms with Crippen molar-refractivity contribution in [1.29, 1.82) is 0 Å². The van der Waals surface area contributed by atoms with Crippen LogP contribution < -0.4 is 20.1 Å². The normalized spacial score (nSPS) is 36.4. The van der Waals surface area contributed by atoms with Crippen LogP contribution in [0.5, 0.6) is 11.5 Å². The van der Waals surface area contributed by atoms with Crippen LogP contribution in [0.15, 0.2) is 36.4 Å². The molecule has 6 nitrogen and oxygen atoms in total. The summed E-state index contributed by atoms with van der Waals surface area (Å²) in [5.74, 6) is 6.16. The number of hydrogen-bond acceptors (Lipinski definition) is 4. The lowest BCUT2D eigenvalue weighted by Gasteiger charge is -2.55. The van der Waals surface area contributed by atoms with E-state index < -0.39 is 0 Å². The molecule has 8 aliphatic rings. The summed E-state index contributed by atoms with van der Waals surface area (Å²) in [6, 6.07) is 12.2. The van der Waals surface area contributed by atoms with Crippen LogP contribution in [0.25, 0.3) is 0 Å². The fourth-order valence-corrected chi connectivity index (χ4v) is 11.4. The van der Waals surface area contributed by atoms with Gasteiger partial charge < -0.3 is 20.1 Å². The lowest BCUT2D eigenvalue weighted by molar-refractivity contribution is -0.141. The average Bonchev–Trinajstić information content (AvgIpc) is 2.97. The molecule has 0 unspecified atom stereocenters. The second-order valence-corrected chi connectivity index (χ2v) is 15.6. The molecule has 8 fully saturated rings. The summed E-state index contributed by atoms with van der Waals surface area (Å²) in [4.78, 5) is 27.3. The van der Waals surface area contributed by atoms with Gasteiger partial charge in [0.15, 0.2) is 0 Å². The highest BCUT2D eigenvalue weighted by Crippen LogP contribution is 2.61. The van der Waals surface area contributed by atoms with Crippen molar-refractivity contribution in [2.75, 3.05) is 24.9 Å². The smallest absolute Gasteiger partial charge is 0.230 e. The molecular weight excluding hydrogens is 536 g/mol. The van der Waals surface area contributed by atoms with Crippen molar-refractivity contribution in [2.24, 2.45) is 46.3 Å². The molecule has 2 N–H and O–H groups in total. The molecule has 0 aliphatic heterocycles. The van der Waals surface area contributed by atoms with Crippen LogP contribution in [0.2, 0.25) is 0 Å². The summed E-state index contributed by atoms with van der Waals surface area (Å²) in [5.41, 5.74) is 3.32. The Morgan fingerprint density at radius 3 is 1.23 bits per heavy atom. The number of ether oxygens (including phenoxy) is 2. The van der Waals surface area contributed by atoms with E-state index in [1.807, 2.05) is 24.3 Å². The molecule has 6 heteroatoms. The molecule has 0 radical (unpaired) electrons. The number of carbonyl (C=O) groups excluding carboxylic acids is 2. The van der Waals surface area contributed by atoms with Gasteiger partial charge >= 0.3 is 0 Å². The minimum Gasteiger partial charge on any atom is -0.495 e. The van der Waals surface area contributed by atoms with Crippen molar-refractivity contribution in [3.05, 3.63) is 47.5 Å². The number of amides is 2. The minimum atomic E-state index is -0.193. The Hall–Kier alpha value is -3.02. The van der Waals surface area contributed by atoms with E-state index in [0.717, 1.165) is 96.5 Å². The molecule has 0 saturated heterocycles. The van der Waals surface area contributed by atoms with Gasteiger partial charge in [0.25, 0.3) is 0 Å². The molecule has 8 saturated carbocycles. The standard InChI is InChI=1S/C37H46N2O4/c1-42-32-14-22(3-5-30(32)38-34(40)36-16-24-8-25(17-36)10-26(9-24)18-36)7-23-4-6-31(33(15-23)43-2)39-35(41)37-19-27-11-28(20-37)13-29(12-27)21-37/h3-6,14-15,24-29H,7-13,16-21H2,1-2H3,(H,38,40)(H,39,41). The fraction of sp³-hybridized carbons (Fsp3) is 0.622. The predicted octanol–water partition coefficient (Wildman–Crippen LogP) is 7.60. The monoisotopic (exact) mass is 582 g/mol. The molecule has 0 aromatic heterocycles. The maximum atomic E-state index is 13.7. The number of benzene rings is 2. The summed E-state index contributed by atoms with van der Waals surface area (Å²) >= 11 is 0. The number of hydrogen-bond donors (Lipinski definition) is 2. The van der Waals surface area contributed by atoms with Gasteiger partial charge in [-0.2, -0.15) is 0 Å². The number of anilines is 2. The molecule has 0 atom stereocenters. The van der Waals surface area contributed by atoms with E-state index >= 15 is 0 Å². The molecule has 0 heterocycles. The van der Waals surface area contributed by atoms with Crippen LogP contribution in [0, 0.1) is 46.3 Å². The molecule has 2 aromatic carbocycles. The highest BCUT2D eigenvalue weighted by Gasteiger charge is 2.55. The van der Waals surface area contributed by atoms with E-state index in [1.54, 1.807) is 14.2 Å². The lowest BCUT2D eigenvalue weighted by atomic mass is 9.49. The summed E-state index contributed by atoms with van der Waals surface area (Å²) in [7, 11) is 3.34. The fourth-order valence-electron chi connectivity index (χ4n) is 11.4. The zero-order valence-electron chi connectivity index (χ0n) is 25.8. The second kappa shape index (κ2) is 10.3. The third-order valence-corrected chi connectivity index (χ3v) is 12.5. The Balaban J connectivity index is 0.953. The van der Waals surface area contributed by atoms with E-state index in [-0.39, 0.29) is 22.6 Å². The minimum absolute atomic E-state index is 0.188. The largest absolute Gasteiger partial charge is 0.495 e. The van der Waals surface area contributed by atoms with Gasteiger partial charge in [-0.1, -0.05) is 12.1 Å². The number of rotatable bonds is 8. The molecule has 43 heavy (non-hydrogen) atoms. The predicted molar refractivity (Wildman–Crippen MR) is 167 cm³/mol. The first-order valence-corrected chi connectivity index (χ1v) is 16.8. The van der Waals surface area contributed by atoms with Gasteiger partial charge in [0.05, 0.1) is 36.4 Å². The van der Waals surface area contributed by atoms with Crippen LogP contribution in [0.3, 0.4) is 0 Å². The van der Waals surface area contributed by atoms with Gasteiger partial charge in [-0.25, -0.2) is 0 Å². The molecule has 8 aliphatic carbocycles. The molecule has 2 aromatic rings. The van der Waals surface area contributed by atoms with Crippen molar-refractivity contribution in [3.63, 3.8) is 0 Å². The highest BCUT2D eigenvalue weighted by molar-refractivity contribution is 5.97. The molecule has 0 spiro atoms.